The molecule has 0 aromatic heterocycles. The normalized spacial score (nSPS) is 15.3. The molecule has 1 fully saturated rings. The van der Waals surface area contributed by atoms with Gasteiger partial charge in [0, 0.05) is 44.0 Å². The fraction of sp³-hybridized carbons (Fsp3) is 0.533. The number of carbonyl (C=O) groups excluding carboxylic acids is 1. The van der Waals surface area contributed by atoms with Crippen LogP contribution in [-0.2, 0) is 4.79 Å². The summed E-state index contributed by atoms with van der Waals surface area (Å²) in [6.45, 7) is 3.44. The van der Waals surface area contributed by atoms with E-state index in [-0.39, 0.29) is 5.91 Å². The lowest BCUT2D eigenvalue weighted by Gasteiger charge is -2.36. The summed E-state index contributed by atoms with van der Waals surface area (Å²) in [5.41, 5.74) is 1.20. The SMILES string of the molecule is COc1ccc(N2CCN(C(=O)CCSC)CC2)cc1. The Morgan fingerprint density at radius 2 is 1.85 bits per heavy atom. The van der Waals surface area contributed by atoms with Crippen molar-refractivity contribution in [1.29, 1.82) is 0 Å². The van der Waals surface area contributed by atoms with E-state index < -0.39 is 0 Å². The second kappa shape index (κ2) is 7.43. The number of hydrogen-bond donors (Lipinski definition) is 0. The van der Waals surface area contributed by atoms with Gasteiger partial charge in [-0.2, -0.15) is 11.8 Å². The maximum Gasteiger partial charge on any atom is 0.223 e. The van der Waals surface area contributed by atoms with Crippen molar-refractivity contribution in [3.63, 3.8) is 0 Å². The smallest absolute Gasteiger partial charge is 0.223 e. The lowest BCUT2D eigenvalue weighted by molar-refractivity contribution is -0.131. The van der Waals surface area contributed by atoms with Crippen LogP contribution in [-0.4, -0.2) is 56.1 Å². The van der Waals surface area contributed by atoms with Crippen LogP contribution in [0, 0.1) is 0 Å². The highest BCUT2D eigenvalue weighted by molar-refractivity contribution is 7.98. The molecule has 0 unspecified atom stereocenters. The lowest BCUT2D eigenvalue weighted by Crippen LogP contribution is -2.48. The summed E-state index contributed by atoms with van der Waals surface area (Å²) in [5.74, 6) is 2.07. The molecule has 1 aromatic carbocycles. The van der Waals surface area contributed by atoms with Gasteiger partial charge in [-0.1, -0.05) is 0 Å². The van der Waals surface area contributed by atoms with Crippen molar-refractivity contribution >= 4 is 23.4 Å². The molecule has 1 aliphatic heterocycles. The topological polar surface area (TPSA) is 32.8 Å². The minimum absolute atomic E-state index is 0.286. The average Bonchev–Trinajstić information content (AvgIpc) is 2.53. The van der Waals surface area contributed by atoms with Crippen molar-refractivity contribution in [2.45, 2.75) is 6.42 Å². The molecule has 0 spiro atoms. The molecule has 0 saturated carbocycles. The molecule has 1 aromatic rings. The molecule has 1 saturated heterocycles. The first kappa shape index (κ1) is 15.0. The molecule has 1 amide bonds. The van der Waals surface area contributed by atoms with Gasteiger partial charge in [0.1, 0.15) is 5.75 Å². The van der Waals surface area contributed by atoms with Gasteiger partial charge in [-0.3, -0.25) is 4.79 Å². The Kier molecular flexibility index (Phi) is 5.59. The third kappa shape index (κ3) is 3.82. The Bertz CT molecular complexity index is 428. The van der Waals surface area contributed by atoms with Gasteiger partial charge in [-0.05, 0) is 30.5 Å². The monoisotopic (exact) mass is 294 g/mol. The molecule has 1 aliphatic rings. The van der Waals surface area contributed by atoms with Crippen LogP contribution in [0.15, 0.2) is 24.3 Å². The van der Waals surface area contributed by atoms with Crippen LogP contribution in [0.3, 0.4) is 0 Å². The van der Waals surface area contributed by atoms with E-state index in [1.165, 1.54) is 5.69 Å². The summed E-state index contributed by atoms with van der Waals surface area (Å²) in [7, 11) is 1.67. The number of nitrogens with zero attached hydrogens (tertiary/aromatic N) is 2. The minimum atomic E-state index is 0.286. The lowest BCUT2D eigenvalue weighted by atomic mass is 10.2. The third-order valence-corrected chi connectivity index (χ3v) is 4.20. The number of hydrogen-bond acceptors (Lipinski definition) is 4. The van der Waals surface area contributed by atoms with E-state index in [2.05, 4.69) is 17.0 Å². The van der Waals surface area contributed by atoms with Crippen LogP contribution in [0.5, 0.6) is 5.75 Å². The fourth-order valence-corrected chi connectivity index (χ4v) is 2.73. The van der Waals surface area contributed by atoms with Crippen LogP contribution in [0.25, 0.3) is 0 Å². The fourth-order valence-electron chi connectivity index (χ4n) is 2.35. The maximum absolute atomic E-state index is 12.0. The van der Waals surface area contributed by atoms with Crippen molar-refractivity contribution in [2.24, 2.45) is 0 Å². The molecule has 2 rings (SSSR count). The van der Waals surface area contributed by atoms with E-state index in [1.807, 2.05) is 23.3 Å². The molecule has 1 heterocycles. The van der Waals surface area contributed by atoms with E-state index in [0.29, 0.717) is 6.42 Å². The van der Waals surface area contributed by atoms with Gasteiger partial charge in [-0.15, -0.1) is 0 Å². The molecule has 110 valence electrons. The first-order valence-corrected chi connectivity index (χ1v) is 8.29. The van der Waals surface area contributed by atoms with Gasteiger partial charge in [0.05, 0.1) is 7.11 Å². The van der Waals surface area contributed by atoms with Crippen molar-refractivity contribution in [2.75, 3.05) is 50.2 Å². The predicted octanol–water partition coefficient (Wildman–Crippen LogP) is 2.10. The van der Waals surface area contributed by atoms with E-state index >= 15 is 0 Å². The zero-order valence-electron chi connectivity index (χ0n) is 12.2. The molecule has 0 N–H and O–H groups in total. The number of carbonyl (C=O) groups is 1. The Balaban J connectivity index is 1.85. The number of benzene rings is 1. The van der Waals surface area contributed by atoms with Gasteiger partial charge in [-0.25, -0.2) is 0 Å². The summed E-state index contributed by atoms with van der Waals surface area (Å²) < 4.78 is 5.17. The Hall–Kier alpha value is -1.36. The number of thioether (sulfide) groups is 1. The molecule has 20 heavy (non-hydrogen) atoms. The molecule has 5 heteroatoms. The second-order valence-corrected chi connectivity index (χ2v) is 5.79. The van der Waals surface area contributed by atoms with Crippen LogP contribution in [0.1, 0.15) is 6.42 Å². The Morgan fingerprint density at radius 1 is 1.20 bits per heavy atom. The largest absolute Gasteiger partial charge is 0.497 e. The highest BCUT2D eigenvalue weighted by Crippen LogP contribution is 2.20. The van der Waals surface area contributed by atoms with Crippen molar-refractivity contribution < 1.29 is 9.53 Å². The summed E-state index contributed by atoms with van der Waals surface area (Å²) in [6, 6.07) is 8.10. The average molecular weight is 294 g/mol. The van der Waals surface area contributed by atoms with Crippen LogP contribution in [0.4, 0.5) is 5.69 Å². The predicted molar refractivity (Wildman–Crippen MR) is 84.8 cm³/mol. The van der Waals surface area contributed by atoms with E-state index in [4.69, 9.17) is 4.74 Å². The van der Waals surface area contributed by atoms with Crippen LogP contribution >= 0.6 is 11.8 Å². The molecule has 0 atom stereocenters. The van der Waals surface area contributed by atoms with E-state index in [9.17, 15) is 4.79 Å². The summed E-state index contributed by atoms with van der Waals surface area (Å²) in [4.78, 5) is 16.3. The number of ether oxygens (including phenoxy) is 1. The third-order valence-electron chi connectivity index (χ3n) is 3.59. The first-order valence-electron chi connectivity index (χ1n) is 6.90. The number of piperazine rings is 1. The van der Waals surface area contributed by atoms with Gasteiger partial charge in [0.15, 0.2) is 0 Å². The standard InChI is InChI=1S/C15H22N2O2S/c1-19-14-5-3-13(4-6-14)16-8-10-17(11-9-16)15(18)7-12-20-2/h3-6H,7-12H2,1-2H3. The molecule has 0 bridgehead atoms. The van der Waals surface area contributed by atoms with Gasteiger partial charge in [0.25, 0.3) is 0 Å². The van der Waals surface area contributed by atoms with Crippen molar-refractivity contribution in [3.8, 4) is 5.75 Å². The summed E-state index contributed by atoms with van der Waals surface area (Å²) in [5, 5.41) is 0. The Morgan fingerprint density at radius 3 is 2.40 bits per heavy atom. The quantitative estimate of drug-likeness (QED) is 0.832. The summed E-state index contributed by atoms with van der Waals surface area (Å²) >= 11 is 1.73. The van der Waals surface area contributed by atoms with Gasteiger partial charge >= 0.3 is 0 Å². The zero-order chi connectivity index (χ0) is 14.4. The molecule has 0 radical (unpaired) electrons. The number of methoxy groups -OCH3 is 1. The van der Waals surface area contributed by atoms with Gasteiger partial charge in [0.2, 0.25) is 5.91 Å². The zero-order valence-corrected chi connectivity index (χ0v) is 13.0. The second-order valence-electron chi connectivity index (χ2n) is 4.81. The number of amides is 1. The number of rotatable bonds is 5. The van der Waals surface area contributed by atoms with E-state index in [1.54, 1.807) is 18.9 Å². The van der Waals surface area contributed by atoms with Crippen molar-refractivity contribution in [3.05, 3.63) is 24.3 Å². The highest BCUT2D eigenvalue weighted by Gasteiger charge is 2.20. The number of anilines is 1. The summed E-state index contributed by atoms with van der Waals surface area (Å²) in [6.07, 6.45) is 2.69. The van der Waals surface area contributed by atoms with Crippen molar-refractivity contribution in [1.82, 2.24) is 4.90 Å². The molecule has 0 aliphatic carbocycles. The van der Waals surface area contributed by atoms with Crippen LogP contribution < -0.4 is 9.64 Å². The molecular weight excluding hydrogens is 272 g/mol. The van der Waals surface area contributed by atoms with E-state index in [0.717, 1.165) is 37.7 Å². The molecule has 4 nitrogen and oxygen atoms in total. The Labute approximate surface area is 125 Å². The minimum Gasteiger partial charge on any atom is -0.497 e. The van der Waals surface area contributed by atoms with Crippen LogP contribution in [0.2, 0.25) is 0 Å². The molecular formula is C15H22N2O2S. The first-order chi connectivity index (χ1) is 9.74. The maximum atomic E-state index is 12.0. The van der Waals surface area contributed by atoms with Gasteiger partial charge < -0.3 is 14.5 Å². The highest BCUT2D eigenvalue weighted by atomic mass is 32.2.